The van der Waals surface area contributed by atoms with Gasteiger partial charge in [-0.25, -0.2) is 9.78 Å². The molecule has 0 bridgehead atoms. The highest BCUT2D eigenvalue weighted by Gasteiger charge is 2.13. The van der Waals surface area contributed by atoms with Crippen molar-refractivity contribution in [1.29, 1.82) is 0 Å². The summed E-state index contributed by atoms with van der Waals surface area (Å²) >= 11 is 1.32. The van der Waals surface area contributed by atoms with Crippen LogP contribution in [0.5, 0.6) is 0 Å². The first-order chi connectivity index (χ1) is 16.0. The van der Waals surface area contributed by atoms with Crippen LogP contribution in [0.2, 0.25) is 0 Å². The molecule has 0 fully saturated rings. The fourth-order valence-electron chi connectivity index (χ4n) is 3.49. The number of fused-ring (bicyclic) bond motifs is 2. The van der Waals surface area contributed by atoms with E-state index in [1.54, 1.807) is 48.5 Å². The van der Waals surface area contributed by atoms with E-state index >= 15 is 0 Å². The van der Waals surface area contributed by atoms with Crippen LogP contribution >= 0.6 is 11.3 Å². The number of aromatic nitrogens is 1. The number of thiazole rings is 1. The second kappa shape index (κ2) is 8.33. The summed E-state index contributed by atoms with van der Waals surface area (Å²) in [5.41, 5.74) is 3.02. The van der Waals surface area contributed by atoms with Crippen molar-refractivity contribution in [1.82, 2.24) is 4.98 Å². The van der Waals surface area contributed by atoms with E-state index in [1.807, 2.05) is 24.3 Å². The van der Waals surface area contributed by atoms with Gasteiger partial charge in [-0.3, -0.25) is 14.9 Å². The maximum atomic E-state index is 12.7. The van der Waals surface area contributed by atoms with Crippen LogP contribution in [-0.4, -0.2) is 16.8 Å². The van der Waals surface area contributed by atoms with E-state index in [9.17, 15) is 14.4 Å². The van der Waals surface area contributed by atoms with Gasteiger partial charge in [0.25, 0.3) is 5.91 Å². The number of nitrogens with one attached hydrogen (secondary N) is 2. The van der Waals surface area contributed by atoms with Crippen LogP contribution in [0.1, 0.15) is 17.3 Å². The van der Waals surface area contributed by atoms with Crippen molar-refractivity contribution in [3.05, 3.63) is 88.8 Å². The summed E-state index contributed by atoms with van der Waals surface area (Å²) in [6, 6.07) is 21.2. The van der Waals surface area contributed by atoms with Crippen LogP contribution in [0.15, 0.2) is 82.0 Å². The Kier molecular flexibility index (Phi) is 5.20. The lowest BCUT2D eigenvalue weighted by Crippen LogP contribution is -2.11. The lowest BCUT2D eigenvalue weighted by molar-refractivity contribution is -0.114. The molecule has 0 aliphatic carbocycles. The third-order valence-electron chi connectivity index (χ3n) is 5.03. The lowest BCUT2D eigenvalue weighted by Gasteiger charge is -2.05. The molecule has 2 heterocycles. The molecule has 5 rings (SSSR count). The predicted molar refractivity (Wildman–Crippen MR) is 130 cm³/mol. The Morgan fingerprint density at radius 3 is 2.52 bits per heavy atom. The molecule has 33 heavy (non-hydrogen) atoms. The van der Waals surface area contributed by atoms with Gasteiger partial charge in [0, 0.05) is 23.6 Å². The fraction of sp³-hybridized carbons (Fsp3) is 0.0400. The molecule has 5 aromatic rings. The zero-order valence-electron chi connectivity index (χ0n) is 17.4. The minimum Gasteiger partial charge on any atom is -0.422 e. The molecule has 0 unspecified atom stereocenters. The van der Waals surface area contributed by atoms with Gasteiger partial charge in [0.2, 0.25) is 5.91 Å². The van der Waals surface area contributed by atoms with E-state index in [0.717, 1.165) is 15.6 Å². The van der Waals surface area contributed by atoms with Gasteiger partial charge in [-0.05, 0) is 48.0 Å². The molecule has 3 aromatic carbocycles. The Morgan fingerprint density at radius 2 is 1.73 bits per heavy atom. The van der Waals surface area contributed by atoms with Gasteiger partial charge in [-0.1, -0.05) is 41.7 Å². The first kappa shape index (κ1) is 20.6. The van der Waals surface area contributed by atoms with Gasteiger partial charge in [0.15, 0.2) is 5.13 Å². The number of hydrogen-bond donors (Lipinski definition) is 2. The maximum absolute atomic E-state index is 12.7. The zero-order valence-corrected chi connectivity index (χ0v) is 18.2. The summed E-state index contributed by atoms with van der Waals surface area (Å²) in [6.45, 7) is 1.44. The van der Waals surface area contributed by atoms with Gasteiger partial charge in [0.05, 0.1) is 15.8 Å². The number of anilines is 2. The van der Waals surface area contributed by atoms with E-state index in [2.05, 4.69) is 15.6 Å². The van der Waals surface area contributed by atoms with Crippen molar-refractivity contribution >= 4 is 55.2 Å². The third-order valence-corrected chi connectivity index (χ3v) is 5.96. The van der Waals surface area contributed by atoms with Gasteiger partial charge < -0.3 is 9.73 Å². The molecule has 2 amide bonds. The van der Waals surface area contributed by atoms with Crippen molar-refractivity contribution in [3.8, 4) is 11.1 Å². The molecule has 2 aromatic heterocycles. The predicted octanol–water partition coefficient (Wildman–Crippen LogP) is 5.28. The van der Waals surface area contributed by atoms with E-state index in [0.29, 0.717) is 33.1 Å². The average molecular weight is 455 g/mol. The van der Waals surface area contributed by atoms with Gasteiger partial charge in [-0.15, -0.1) is 0 Å². The molecule has 0 spiro atoms. The van der Waals surface area contributed by atoms with E-state index in [4.69, 9.17) is 4.42 Å². The molecule has 0 aliphatic rings. The first-order valence-electron chi connectivity index (χ1n) is 10.1. The number of nitrogens with zero attached hydrogens (tertiary/aromatic N) is 1. The molecule has 0 radical (unpaired) electrons. The molecular formula is C25H17N3O4S. The number of para-hydroxylation sites is 1. The second-order valence-electron chi connectivity index (χ2n) is 7.40. The Morgan fingerprint density at radius 1 is 0.939 bits per heavy atom. The number of rotatable bonds is 4. The van der Waals surface area contributed by atoms with E-state index in [1.165, 1.54) is 18.3 Å². The number of carbonyl (C=O) groups is 2. The van der Waals surface area contributed by atoms with Crippen molar-refractivity contribution < 1.29 is 14.0 Å². The topological polar surface area (TPSA) is 101 Å². The van der Waals surface area contributed by atoms with Gasteiger partial charge in [-0.2, -0.15) is 0 Å². The standard InChI is InChI=1S/C25H17N3O4S/c1-14(29)26-18-10-11-20-22(13-18)33-25(27-20)28-23(30)16-8-6-15(7-9-16)19-12-17-4-2-3-5-21(17)32-24(19)31/h2-13H,1H3,(H,26,29)(H,27,28,30). The number of benzene rings is 3. The highest BCUT2D eigenvalue weighted by Crippen LogP contribution is 2.29. The summed E-state index contributed by atoms with van der Waals surface area (Å²) < 4.78 is 6.24. The lowest BCUT2D eigenvalue weighted by atomic mass is 10.0. The molecule has 0 atom stereocenters. The highest BCUT2D eigenvalue weighted by molar-refractivity contribution is 7.22. The monoisotopic (exact) mass is 455 g/mol. The van der Waals surface area contributed by atoms with E-state index < -0.39 is 5.63 Å². The number of amides is 2. The molecule has 0 aliphatic heterocycles. The average Bonchev–Trinajstić information content (AvgIpc) is 3.19. The minimum absolute atomic E-state index is 0.155. The molecule has 0 saturated carbocycles. The van der Waals surface area contributed by atoms with E-state index in [-0.39, 0.29) is 11.8 Å². The molecule has 0 saturated heterocycles. The molecule has 2 N–H and O–H groups in total. The summed E-state index contributed by atoms with van der Waals surface area (Å²) in [5, 5.41) is 6.81. The van der Waals surface area contributed by atoms with Crippen molar-refractivity contribution in [3.63, 3.8) is 0 Å². The van der Waals surface area contributed by atoms with Crippen LogP contribution in [-0.2, 0) is 4.79 Å². The Bertz CT molecular complexity index is 1590. The van der Waals surface area contributed by atoms with Crippen LogP contribution < -0.4 is 16.3 Å². The Balaban J connectivity index is 1.36. The quantitative estimate of drug-likeness (QED) is 0.359. The smallest absolute Gasteiger partial charge is 0.344 e. The summed E-state index contributed by atoms with van der Waals surface area (Å²) in [4.78, 5) is 40.8. The second-order valence-corrected chi connectivity index (χ2v) is 8.43. The molecule has 7 nitrogen and oxygen atoms in total. The van der Waals surface area contributed by atoms with Crippen LogP contribution in [0, 0.1) is 0 Å². The van der Waals surface area contributed by atoms with Crippen molar-refractivity contribution in [2.24, 2.45) is 0 Å². The molecule has 162 valence electrons. The Labute approximate surface area is 191 Å². The van der Waals surface area contributed by atoms with Crippen LogP contribution in [0.3, 0.4) is 0 Å². The van der Waals surface area contributed by atoms with Crippen LogP contribution in [0.4, 0.5) is 10.8 Å². The normalized spacial score (nSPS) is 10.9. The SMILES string of the molecule is CC(=O)Nc1ccc2nc(NC(=O)c3ccc(-c4cc5ccccc5oc4=O)cc3)sc2c1. The highest BCUT2D eigenvalue weighted by atomic mass is 32.1. The summed E-state index contributed by atoms with van der Waals surface area (Å²) in [7, 11) is 0. The zero-order chi connectivity index (χ0) is 22.9. The van der Waals surface area contributed by atoms with Gasteiger partial charge in [0.1, 0.15) is 5.58 Å². The number of hydrogen-bond acceptors (Lipinski definition) is 6. The maximum Gasteiger partial charge on any atom is 0.344 e. The summed E-state index contributed by atoms with van der Waals surface area (Å²) in [5.74, 6) is -0.467. The first-order valence-corrected chi connectivity index (χ1v) is 10.9. The van der Waals surface area contributed by atoms with Crippen LogP contribution in [0.25, 0.3) is 32.3 Å². The molecule has 8 heteroatoms. The molecular weight excluding hydrogens is 438 g/mol. The number of carbonyl (C=O) groups excluding carboxylic acids is 2. The summed E-state index contributed by atoms with van der Waals surface area (Å²) in [6.07, 6.45) is 0. The third kappa shape index (κ3) is 4.24. The van der Waals surface area contributed by atoms with Gasteiger partial charge >= 0.3 is 5.63 Å². The minimum atomic E-state index is -0.431. The largest absolute Gasteiger partial charge is 0.422 e. The fourth-order valence-corrected chi connectivity index (χ4v) is 4.39. The van der Waals surface area contributed by atoms with Crippen molar-refractivity contribution in [2.75, 3.05) is 10.6 Å². The Hall–Kier alpha value is -4.30. The van der Waals surface area contributed by atoms with Crippen molar-refractivity contribution in [2.45, 2.75) is 6.92 Å².